The molecule has 2 aromatic rings. The zero-order valence-electron chi connectivity index (χ0n) is 11.8. The summed E-state index contributed by atoms with van der Waals surface area (Å²) in [6, 6.07) is 3.62. The average Bonchev–Trinajstić information content (AvgIpc) is 2.42. The Hall–Kier alpha value is -2.28. The Morgan fingerprint density at radius 2 is 2.29 bits per heavy atom. The van der Waals surface area contributed by atoms with Gasteiger partial charge in [-0.25, -0.2) is 9.37 Å². The van der Waals surface area contributed by atoms with E-state index in [2.05, 4.69) is 10.3 Å². The summed E-state index contributed by atoms with van der Waals surface area (Å²) in [5.74, 6) is -0.850. The third-order valence-corrected chi connectivity index (χ3v) is 2.92. The van der Waals surface area contributed by atoms with Crippen LogP contribution in [-0.4, -0.2) is 35.2 Å². The fourth-order valence-corrected chi connectivity index (χ4v) is 2.01. The number of carbonyl (C=O) groups is 1. The summed E-state index contributed by atoms with van der Waals surface area (Å²) < 4.78 is 19.3. The van der Waals surface area contributed by atoms with Gasteiger partial charge in [0.1, 0.15) is 12.4 Å². The third kappa shape index (κ3) is 3.63. The van der Waals surface area contributed by atoms with E-state index in [1.54, 1.807) is 6.92 Å². The number of aromatic nitrogens is 2. The van der Waals surface area contributed by atoms with E-state index in [1.165, 1.54) is 25.6 Å². The van der Waals surface area contributed by atoms with Crippen LogP contribution in [0.5, 0.6) is 0 Å². The van der Waals surface area contributed by atoms with Gasteiger partial charge in [0.05, 0.1) is 23.8 Å². The van der Waals surface area contributed by atoms with E-state index in [-0.39, 0.29) is 23.9 Å². The van der Waals surface area contributed by atoms with Crippen molar-refractivity contribution in [3.63, 3.8) is 0 Å². The average molecular weight is 293 g/mol. The Labute approximate surface area is 120 Å². The number of nitrogens with one attached hydrogen (secondary N) is 1. The Kier molecular flexibility index (Phi) is 4.64. The quantitative estimate of drug-likeness (QED) is 0.880. The molecule has 1 amide bonds. The number of nitrogens with zero attached hydrogens (tertiary/aromatic N) is 2. The van der Waals surface area contributed by atoms with Gasteiger partial charge in [0, 0.05) is 13.2 Å². The molecule has 1 heterocycles. The summed E-state index contributed by atoms with van der Waals surface area (Å²) in [5, 5.41) is 2.84. The van der Waals surface area contributed by atoms with Crippen molar-refractivity contribution in [3.8, 4) is 0 Å². The Morgan fingerprint density at radius 1 is 1.52 bits per heavy atom. The number of methoxy groups -OCH3 is 1. The minimum atomic E-state index is -0.516. The number of benzene rings is 1. The molecule has 1 atom stereocenters. The molecule has 0 aliphatic carbocycles. The molecule has 0 unspecified atom stereocenters. The molecular formula is C14H16FN3O3. The van der Waals surface area contributed by atoms with Gasteiger partial charge in [-0.05, 0) is 25.1 Å². The predicted octanol–water partition coefficient (Wildman–Crippen LogP) is 0.687. The van der Waals surface area contributed by atoms with Crippen LogP contribution in [0.3, 0.4) is 0 Å². The number of rotatable bonds is 5. The highest BCUT2D eigenvalue weighted by atomic mass is 19.1. The van der Waals surface area contributed by atoms with Gasteiger partial charge >= 0.3 is 0 Å². The van der Waals surface area contributed by atoms with E-state index in [9.17, 15) is 14.0 Å². The number of carbonyl (C=O) groups excluding carboxylic acids is 1. The van der Waals surface area contributed by atoms with Crippen LogP contribution in [0.2, 0.25) is 0 Å². The SMILES string of the molecule is COC[C@H](C)NC(=O)Cn1cnc2ccc(F)cc2c1=O. The first-order valence-corrected chi connectivity index (χ1v) is 6.44. The summed E-state index contributed by atoms with van der Waals surface area (Å²) in [6.07, 6.45) is 1.28. The number of hydrogen-bond acceptors (Lipinski definition) is 4. The molecule has 0 spiro atoms. The molecule has 0 aliphatic heterocycles. The van der Waals surface area contributed by atoms with Crippen molar-refractivity contribution in [1.82, 2.24) is 14.9 Å². The molecule has 0 radical (unpaired) electrons. The number of ether oxygens (including phenoxy) is 1. The second-order valence-electron chi connectivity index (χ2n) is 4.76. The first-order valence-electron chi connectivity index (χ1n) is 6.44. The monoisotopic (exact) mass is 293 g/mol. The molecular weight excluding hydrogens is 277 g/mol. The van der Waals surface area contributed by atoms with Crippen LogP contribution in [0.25, 0.3) is 10.9 Å². The molecule has 7 heteroatoms. The number of hydrogen-bond donors (Lipinski definition) is 1. The topological polar surface area (TPSA) is 73.2 Å². The minimum absolute atomic E-state index is 0.148. The molecule has 1 aromatic carbocycles. The van der Waals surface area contributed by atoms with Crippen LogP contribution in [0, 0.1) is 5.82 Å². The summed E-state index contributed by atoms with van der Waals surface area (Å²) in [4.78, 5) is 28.0. The highest BCUT2D eigenvalue weighted by Crippen LogP contribution is 2.08. The molecule has 21 heavy (non-hydrogen) atoms. The predicted molar refractivity (Wildman–Crippen MR) is 75.4 cm³/mol. The first-order chi connectivity index (χ1) is 10.0. The summed E-state index contributed by atoms with van der Waals surface area (Å²) in [7, 11) is 1.54. The lowest BCUT2D eigenvalue weighted by Gasteiger charge is -2.13. The lowest BCUT2D eigenvalue weighted by atomic mass is 10.2. The van der Waals surface area contributed by atoms with E-state index < -0.39 is 11.4 Å². The molecule has 6 nitrogen and oxygen atoms in total. The van der Waals surface area contributed by atoms with Crippen molar-refractivity contribution in [2.75, 3.05) is 13.7 Å². The fraction of sp³-hybridized carbons (Fsp3) is 0.357. The summed E-state index contributed by atoms with van der Waals surface area (Å²) in [5.41, 5.74) is -0.0557. The van der Waals surface area contributed by atoms with Gasteiger partial charge in [-0.3, -0.25) is 14.2 Å². The molecule has 0 saturated heterocycles. The van der Waals surface area contributed by atoms with Gasteiger partial charge in [-0.2, -0.15) is 0 Å². The van der Waals surface area contributed by atoms with Crippen LogP contribution < -0.4 is 10.9 Å². The van der Waals surface area contributed by atoms with E-state index in [0.29, 0.717) is 12.1 Å². The van der Waals surface area contributed by atoms with E-state index >= 15 is 0 Å². The Balaban J connectivity index is 2.21. The fourth-order valence-electron chi connectivity index (χ4n) is 2.01. The van der Waals surface area contributed by atoms with Crippen molar-refractivity contribution in [2.45, 2.75) is 19.5 Å². The molecule has 0 aliphatic rings. The van der Waals surface area contributed by atoms with Crippen molar-refractivity contribution < 1.29 is 13.9 Å². The lowest BCUT2D eigenvalue weighted by molar-refractivity contribution is -0.122. The van der Waals surface area contributed by atoms with Gasteiger partial charge < -0.3 is 10.1 Å². The maximum atomic E-state index is 13.2. The van der Waals surface area contributed by atoms with Crippen molar-refractivity contribution in [2.24, 2.45) is 0 Å². The van der Waals surface area contributed by atoms with Crippen LogP contribution in [-0.2, 0) is 16.1 Å². The summed E-state index contributed by atoms with van der Waals surface area (Å²) in [6.45, 7) is 1.99. The summed E-state index contributed by atoms with van der Waals surface area (Å²) >= 11 is 0. The van der Waals surface area contributed by atoms with Crippen molar-refractivity contribution in [1.29, 1.82) is 0 Å². The smallest absolute Gasteiger partial charge is 0.261 e. The molecule has 0 fully saturated rings. The normalized spacial score (nSPS) is 12.3. The van der Waals surface area contributed by atoms with E-state index in [0.717, 1.165) is 10.6 Å². The number of halogens is 1. The van der Waals surface area contributed by atoms with Crippen LogP contribution in [0.4, 0.5) is 4.39 Å². The highest BCUT2D eigenvalue weighted by Gasteiger charge is 2.11. The largest absolute Gasteiger partial charge is 0.383 e. The van der Waals surface area contributed by atoms with Crippen LogP contribution in [0.1, 0.15) is 6.92 Å². The van der Waals surface area contributed by atoms with Gasteiger partial charge in [0.25, 0.3) is 5.56 Å². The Bertz CT molecular complexity index is 714. The Morgan fingerprint density at radius 3 is 3.00 bits per heavy atom. The molecule has 0 saturated carbocycles. The zero-order valence-corrected chi connectivity index (χ0v) is 11.8. The highest BCUT2D eigenvalue weighted by molar-refractivity contribution is 5.79. The molecule has 1 N–H and O–H groups in total. The maximum Gasteiger partial charge on any atom is 0.261 e. The van der Waals surface area contributed by atoms with Gasteiger partial charge in [0.15, 0.2) is 0 Å². The first kappa shape index (κ1) is 15.1. The van der Waals surface area contributed by atoms with Crippen molar-refractivity contribution >= 4 is 16.8 Å². The number of fused-ring (bicyclic) bond motifs is 1. The molecule has 2 rings (SSSR count). The van der Waals surface area contributed by atoms with Crippen LogP contribution >= 0.6 is 0 Å². The van der Waals surface area contributed by atoms with Crippen LogP contribution in [0.15, 0.2) is 29.3 Å². The van der Waals surface area contributed by atoms with E-state index in [1.807, 2.05) is 0 Å². The standard InChI is InChI=1S/C14H16FN3O3/c1-9(7-21-2)17-13(19)6-18-8-16-12-4-3-10(15)5-11(12)14(18)20/h3-5,8-9H,6-7H2,1-2H3,(H,17,19)/t9-/m0/s1. The lowest BCUT2D eigenvalue weighted by Crippen LogP contribution is -2.39. The molecule has 0 bridgehead atoms. The molecule has 112 valence electrons. The minimum Gasteiger partial charge on any atom is -0.383 e. The third-order valence-electron chi connectivity index (χ3n) is 2.92. The second-order valence-corrected chi connectivity index (χ2v) is 4.76. The number of amides is 1. The van der Waals surface area contributed by atoms with E-state index in [4.69, 9.17) is 4.74 Å². The maximum absolute atomic E-state index is 13.2. The van der Waals surface area contributed by atoms with Gasteiger partial charge in [-0.15, -0.1) is 0 Å². The zero-order chi connectivity index (χ0) is 15.4. The van der Waals surface area contributed by atoms with Crippen molar-refractivity contribution in [3.05, 3.63) is 40.7 Å². The van der Waals surface area contributed by atoms with Gasteiger partial charge in [-0.1, -0.05) is 0 Å². The van der Waals surface area contributed by atoms with Gasteiger partial charge in [0.2, 0.25) is 5.91 Å². The molecule has 1 aromatic heterocycles. The second kappa shape index (κ2) is 6.45.